The van der Waals surface area contributed by atoms with E-state index in [0.29, 0.717) is 6.54 Å². The number of nitrogens with one attached hydrogen (secondary N) is 2. The molecule has 3 aromatic rings. The van der Waals surface area contributed by atoms with E-state index in [2.05, 4.69) is 38.4 Å². The maximum absolute atomic E-state index is 12.5. The van der Waals surface area contributed by atoms with Crippen LogP contribution in [0.3, 0.4) is 0 Å². The van der Waals surface area contributed by atoms with E-state index < -0.39 is 0 Å². The summed E-state index contributed by atoms with van der Waals surface area (Å²) in [5.74, 6) is 1.04. The average Bonchev–Trinajstić information content (AvgIpc) is 2.96. The molecule has 1 unspecified atom stereocenters. The van der Waals surface area contributed by atoms with Crippen LogP contribution in [0.15, 0.2) is 48.5 Å². The minimum absolute atomic E-state index is 0. The van der Waals surface area contributed by atoms with E-state index in [4.69, 9.17) is 0 Å². The van der Waals surface area contributed by atoms with Crippen molar-refractivity contribution < 1.29 is 4.79 Å². The molecule has 4 rings (SSSR count). The monoisotopic (exact) mass is 406 g/mol. The lowest BCUT2D eigenvalue weighted by atomic mass is 9.95. The second kappa shape index (κ2) is 9.22. The first-order valence-electron chi connectivity index (χ1n) is 8.72. The van der Waals surface area contributed by atoms with Gasteiger partial charge in [0.1, 0.15) is 5.82 Å². The van der Waals surface area contributed by atoms with Crippen LogP contribution in [0.2, 0.25) is 0 Å². The summed E-state index contributed by atoms with van der Waals surface area (Å²) < 4.78 is 2.15. The number of fused-ring (bicyclic) bond motifs is 2. The van der Waals surface area contributed by atoms with Crippen LogP contribution in [0, 0.1) is 6.92 Å². The molecule has 2 aromatic carbocycles. The van der Waals surface area contributed by atoms with Gasteiger partial charge in [0, 0.05) is 19.6 Å². The fourth-order valence-electron chi connectivity index (χ4n) is 3.53. The van der Waals surface area contributed by atoms with Crippen molar-refractivity contribution in [1.82, 2.24) is 20.2 Å². The molecule has 2 N–H and O–H groups in total. The average molecular weight is 407 g/mol. The SMILES string of the molecule is Cc1nc2ccccc2n1CCNC(=O)C1Cc2ccccc2CN1.Cl.Cl. The molecular weight excluding hydrogens is 383 g/mol. The molecule has 2 heterocycles. The van der Waals surface area contributed by atoms with E-state index in [0.717, 1.165) is 36.4 Å². The van der Waals surface area contributed by atoms with Crippen LogP contribution >= 0.6 is 24.8 Å². The molecule has 0 radical (unpaired) electrons. The van der Waals surface area contributed by atoms with Gasteiger partial charge in [0.2, 0.25) is 5.91 Å². The number of aromatic nitrogens is 2. The highest BCUT2D eigenvalue weighted by atomic mass is 35.5. The fourth-order valence-corrected chi connectivity index (χ4v) is 3.53. The predicted molar refractivity (Wildman–Crippen MR) is 113 cm³/mol. The molecule has 1 aliphatic heterocycles. The van der Waals surface area contributed by atoms with Crippen molar-refractivity contribution in [3.63, 3.8) is 0 Å². The largest absolute Gasteiger partial charge is 0.353 e. The van der Waals surface area contributed by atoms with Crippen molar-refractivity contribution in [3.8, 4) is 0 Å². The van der Waals surface area contributed by atoms with E-state index in [1.807, 2.05) is 37.3 Å². The van der Waals surface area contributed by atoms with Gasteiger partial charge in [0.15, 0.2) is 0 Å². The van der Waals surface area contributed by atoms with Crippen molar-refractivity contribution in [2.75, 3.05) is 6.54 Å². The summed E-state index contributed by atoms with van der Waals surface area (Å²) in [5.41, 5.74) is 4.65. The molecule has 7 heteroatoms. The van der Waals surface area contributed by atoms with Gasteiger partial charge in [-0.3, -0.25) is 4.79 Å². The Kier molecular flexibility index (Phi) is 7.25. The van der Waals surface area contributed by atoms with E-state index >= 15 is 0 Å². The lowest BCUT2D eigenvalue weighted by Gasteiger charge is -2.25. The summed E-state index contributed by atoms with van der Waals surface area (Å²) in [6, 6.07) is 16.2. The minimum Gasteiger partial charge on any atom is -0.353 e. The lowest BCUT2D eigenvalue weighted by molar-refractivity contribution is -0.123. The highest BCUT2D eigenvalue weighted by molar-refractivity contribution is 5.85. The first kappa shape index (κ1) is 21.2. The van der Waals surface area contributed by atoms with Gasteiger partial charge in [-0.15, -0.1) is 24.8 Å². The molecule has 1 aliphatic rings. The van der Waals surface area contributed by atoms with Crippen molar-refractivity contribution in [1.29, 1.82) is 0 Å². The molecule has 1 aromatic heterocycles. The van der Waals surface area contributed by atoms with Crippen molar-refractivity contribution in [2.24, 2.45) is 0 Å². The van der Waals surface area contributed by atoms with E-state index in [1.165, 1.54) is 11.1 Å². The van der Waals surface area contributed by atoms with E-state index in [-0.39, 0.29) is 36.8 Å². The maximum atomic E-state index is 12.5. The second-order valence-corrected chi connectivity index (χ2v) is 6.50. The first-order chi connectivity index (χ1) is 12.2. The zero-order chi connectivity index (χ0) is 17.2. The topological polar surface area (TPSA) is 59.0 Å². The lowest BCUT2D eigenvalue weighted by Crippen LogP contribution is -2.48. The van der Waals surface area contributed by atoms with Gasteiger partial charge in [-0.1, -0.05) is 36.4 Å². The third-order valence-corrected chi connectivity index (χ3v) is 4.88. The number of carbonyl (C=O) groups excluding carboxylic acids is 1. The summed E-state index contributed by atoms with van der Waals surface area (Å²) >= 11 is 0. The first-order valence-corrected chi connectivity index (χ1v) is 8.72. The van der Waals surface area contributed by atoms with Gasteiger partial charge in [-0.2, -0.15) is 0 Å². The smallest absolute Gasteiger partial charge is 0.237 e. The Hall–Kier alpha value is -2.08. The number of nitrogens with zero attached hydrogens (tertiary/aromatic N) is 2. The molecule has 1 atom stereocenters. The Morgan fingerprint density at radius 2 is 1.85 bits per heavy atom. The summed E-state index contributed by atoms with van der Waals surface area (Å²) in [6.45, 7) is 4.07. The van der Waals surface area contributed by atoms with Crippen LogP contribution in [0.5, 0.6) is 0 Å². The summed E-state index contributed by atoms with van der Waals surface area (Å²) in [6.07, 6.45) is 0.745. The Bertz CT molecular complexity index is 925. The van der Waals surface area contributed by atoms with Gasteiger partial charge in [0.25, 0.3) is 0 Å². The van der Waals surface area contributed by atoms with Crippen molar-refractivity contribution in [3.05, 3.63) is 65.5 Å². The molecule has 144 valence electrons. The van der Waals surface area contributed by atoms with Crippen LogP contribution in [-0.4, -0.2) is 28.0 Å². The number of halogens is 2. The highest BCUT2D eigenvalue weighted by Crippen LogP contribution is 2.17. The predicted octanol–water partition coefficient (Wildman–Crippen LogP) is 3.02. The molecule has 0 fully saturated rings. The fraction of sp³-hybridized carbons (Fsp3) is 0.300. The van der Waals surface area contributed by atoms with E-state index in [1.54, 1.807) is 0 Å². The van der Waals surface area contributed by atoms with Gasteiger partial charge < -0.3 is 15.2 Å². The number of amides is 1. The Morgan fingerprint density at radius 3 is 2.67 bits per heavy atom. The Morgan fingerprint density at radius 1 is 1.15 bits per heavy atom. The van der Waals surface area contributed by atoms with Crippen LogP contribution in [0.25, 0.3) is 11.0 Å². The number of rotatable bonds is 4. The van der Waals surface area contributed by atoms with Gasteiger partial charge in [0.05, 0.1) is 17.1 Å². The standard InChI is InChI=1S/C20H22N4O.2ClH/c1-14-23-17-8-4-5-9-19(17)24(14)11-10-21-20(25)18-12-15-6-2-3-7-16(15)13-22-18;;/h2-9,18,22H,10-13H2,1H3,(H,21,25);2*1H. The summed E-state index contributed by atoms with van der Waals surface area (Å²) in [5, 5.41) is 6.39. The number of hydrogen-bond donors (Lipinski definition) is 2. The van der Waals surface area contributed by atoms with Crippen molar-refractivity contribution >= 4 is 41.8 Å². The molecule has 1 amide bonds. The molecule has 0 aliphatic carbocycles. The zero-order valence-corrected chi connectivity index (χ0v) is 16.8. The third-order valence-electron chi connectivity index (χ3n) is 4.88. The number of carbonyl (C=O) groups is 1. The minimum atomic E-state index is -0.157. The third kappa shape index (κ3) is 4.43. The Balaban J connectivity index is 0.00000131. The molecule has 0 saturated heterocycles. The number of benzene rings is 2. The maximum Gasteiger partial charge on any atom is 0.237 e. The van der Waals surface area contributed by atoms with Crippen LogP contribution in [-0.2, 0) is 24.3 Å². The molecule has 0 bridgehead atoms. The number of hydrogen-bond acceptors (Lipinski definition) is 3. The van der Waals surface area contributed by atoms with Gasteiger partial charge >= 0.3 is 0 Å². The van der Waals surface area contributed by atoms with Crippen molar-refractivity contribution in [2.45, 2.75) is 32.5 Å². The second-order valence-electron chi connectivity index (χ2n) is 6.50. The summed E-state index contributed by atoms with van der Waals surface area (Å²) in [7, 11) is 0. The number of imidazole rings is 1. The van der Waals surface area contributed by atoms with Gasteiger partial charge in [-0.05, 0) is 36.6 Å². The molecule has 5 nitrogen and oxygen atoms in total. The van der Waals surface area contributed by atoms with Crippen LogP contribution < -0.4 is 10.6 Å². The zero-order valence-electron chi connectivity index (χ0n) is 15.1. The highest BCUT2D eigenvalue weighted by Gasteiger charge is 2.23. The summed E-state index contributed by atoms with van der Waals surface area (Å²) in [4.78, 5) is 17.1. The van der Waals surface area contributed by atoms with E-state index in [9.17, 15) is 4.79 Å². The van der Waals surface area contributed by atoms with Gasteiger partial charge in [-0.25, -0.2) is 4.98 Å². The normalized spacial score (nSPS) is 15.4. The molecule has 0 saturated carbocycles. The number of para-hydroxylation sites is 2. The number of aryl methyl sites for hydroxylation is 1. The molecule has 27 heavy (non-hydrogen) atoms. The quantitative estimate of drug-likeness (QED) is 0.699. The molecule has 0 spiro atoms. The Labute approximate surface area is 171 Å². The van der Waals surface area contributed by atoms with Crippen LogP contribution in [0.1, 0.15) is 17.0 Å². The van der Waals surface area contributed by atoms with Crippen LogP contribution in [0.4, 0.5) is 0 Å². The molecular formula is C20H24Cl2N4O.